The van der Waals surface area contributed by atoms with Crippen molar-refractivity contribution in [3.05, 3.63) is 59.7 Å². The molecular formula is C18H18N2O3. The second-order valence-corrected chi connectivity index (χ2v) is 5.52. The number of amides is 1. The van der Waals surface area contributed by atoms with Gasteiger partial charge in [0.25, 0.3) is 0 Å². The molecular weight excluding hydrogens is 292 g/mol. The van der Waals surface area contributed by atoms with Crippen molar-refractivity contribution in [2.24, 2.45) is 11.0 Å². The van der Waals surface area contributed by atoms with Gasteiger partial charge in [-0.1, -0.05) is 30.3 Å². The number of carbonyl (C=O) groups excluding carboxylic acids is 1. The second-order valence-electron chi connectivity index (χ2n) is 5.52. The lowest BCUT2D eigenvalue weighted by Crippen LogP contribution is -2.20. The SMILES string of the molecule is COc1cc(/C=N/NC(=O)[C@@H]2C[C@@H]2c2ccccc2)ccc1O. The summed E-state index contributed by atoms with van der Waals surface area (Å²) in [7, 11) is 1.48. The van der Waals surface area contributed by atoms with Gasteiger partial charge >= 0.3 is 0 Å². The zero-order chi connectivity index (χ0) is 16.2. The number of methoxy groups -OCH3 is 1. The van der Waals surface area contributed by atoms with Crippen LogP contribution in [0, 0.1) is 5.92 Å². The summed E-state index contributed by atoms with van der Waals surface area (Å²) in [4.78, 5) is 12.1. The standard InChI is InChI=1S/C18H18N2O3/c1-23-17-9-12(7-8-16(17)21)11-19-20-18(22)15-10-14(15)13-5-3-2-4-6-13/h2-9,11,14-15,21H,10H2,1H3,(H,20,22)/b19-11+/t14-,15-/m1/s1. The zero-order valence-electron chi connectivity index (χ0n) is 12.8. The van der Waals surface area contributed by atoms with Crippen molar-refractivity contribution in [2.75, 3.05) is 7.11 Å². The fourth-order valence-corrected chi connectivity index (χ4v) is 2.58. The van der Waals surface area contributed by atoms with E-state index in [4.69, 9.17) is 4.74 Å². The van der Waals surface area contributed by atoms with Crippen LogP contribution in [0.4, 0.5) is 0 Å². The molecule has 23 heavy (non-hydrogen) atoms. The van der Waals surface area contributed by atoms with Crippen LogP contribution < -0.4 is 10.2 Å². The van der Waals surface area contributed by atoms with E-state index in [0.717, 1.165) is 12.0 Å². The smallest absolute Gasteiger partial charge is 0.243 e. The quantitative estimate of drug-likeness (QED) is 0.659. The van der Waals surface area contributed by atoms with Gasteiger partial charge in [0.15, 0.2) is 11.5 Å². The van der Waals surface area contributed by atoms with E-state index < -0.39 is 0 Å². The summed E-state index contributed by atoms with van der Waals surface area (Å²) in [5.41, 5.74) is 4.50. The summed E-state index contributed by atoms with van der Waals surface area (Å²) >= 11 is 0. The molecule has 2 atom stereocenters. The molecule has 0 unspecified atom stereocenters. The van der Waals surface area contributed by atoms with Crippen LogP contribution in [0.25, 0.3) is 0 Å². The predicted molar refractivity (Wildman–Crippen MR) is 87.7 cm³/mol. The Morgan fingerprint density at radius 1 is 1.30 bits per heavy atom. The summed E-state index contributed by atoms with van der Waals surface area (Å²) in [5, 5.41) is 13.5. The first-order chi connectivity index (χ1) is 11.2. The highest BCUT2D eigenvalue weighted by atomic mass is 16.5. The van der Waals surface area contributed by atoms with E-state index in [1.807, 2.05) is 30.3 Å². The van der Waals surface area contributed by atoms with Crippen LogP contribution in [0.2, 0.25) is 0 Å². The van der Waals surface area contributed by atoms with E-state index >= 15 is 0 Å². The fourth-order valence-electron chi connectivity index (χ4n) is 2.58. The largest absolute Gasteiger partial charge is 0.504 e. The molecule has 1 saturated carbocycles. The highest BCUT2D eigenvalue weighted by Crippen LogP contribution is 2.47. The van der Waals surface area contributed by atoms with Gasteiger partial charge in [0.1, 0.15) is 0 Å². The van der Waals surface area contributed by atoms with Gasteiger partial charge in [-0.2, -0.15) is 5.10 Å². The number of ether oxygens (including phenoxy) is 1. The number of hydrogen-bond donors (Lipinski definition) is 2. The number of phenolic OH excluding ortho intramolecular Hbond substituents is 1. The molecule has 1 aliphatic carbocycles. The van der Waals surface area contributed by atoms with Crippen LogP contribution in [0.15, 0.2) is 53.6 Å². The lowest BCUT2D eigenvalue weighted by Gasteiger charge is -2.03. The van der Waals surface area contributed by atoms with Crippen LogP contribution in [-0.2, 0) is 4.79 Å². The van der Waals surface area contributed by atoms with Crippen molar-refractivity contribution in [3.8, 4) is 11.5 Å². The molecule has 3 rings (SSSR count). The van der Waals surface area contributed by atoms with Crippen LogP contribution in [-0.4, -0.2) is 24.3 Å². The normalized spacial score (nSPS) is 19.5. The molecule has 0 spiro atoms. The Labute approximate surface area is 134 Å². The van der Waals surface area contributed by atoms with Gasteiger partial charge in [-0.25, -0.2) is 5.43 Å². The highest BCUT2D eigenvalue weighted by Gasteiger charge is 2.43. The Hall–Kier alpha value is -2.82. The Balaban J connectivity index is 1.56. The molecule has 0 aromatic heterocycles. The highest BCUT2D eigenvalue weighted by molar-refractivity contribution is 5.86. The number of hydrogen-bond acceptors (Lipinski definition) is 4. The van der Waals surface area contributed by atoms with E-state index in [1.165, 1.54) is 25.0 Å². The number of rotatable bonds is 5. The van der Waals surface area contributed by atoms with Crippen molar-refractivity contribution in [1.82, 2.24) is 5.43 Å². The number of aromatic hydroxyl groups is 1. The zero-order valence-corrected chi connectivity index (χ0v) is 12.8. The molecule has 1 fully saturated rings. The number of nitrogens with zero attached hydrogens (tertiary/aromatic N) is 1. The molecule has 0 radical (unpaired) electrons. The van der Waals surface area contributed by atoms with Crippen molar-refractivity contribution in [1.29, 1.82) is 0 Å². The molecule has 2 N–H and O–H groups in total. The summed E-state index contributed by atoms with van der Waals surface area (Å²) in [6.07, 6.45) is 2.39. The van der Waals surface area contributed by atoms with Gasteiger partial charge in [0.2, 0.25) is 5.91 Å². The third-order valence-electron chi connectivity index (χ3n) is 3.95. The maximum atomic E-state index is 12.1. The van der Waals surface area contributed by atoms with Crippen molar-refractivity contribution < 1.29 is 14.6 Å². The average Bonchev–Trinajstić information content (AvgIpc) is 3.38. The van der Waals surface area contributed by atoms with Crippen LogP contribution in [0.5, 0.6) is 11.5 Å². The third-order valence-corrected chi connectivity index (χ3v) is 3.95. The molecule has 118 valence electrons. The molecule has 0 bridgehead atoms. The van der Waals surface area contributed by atoms with Gasteiger partial charge in [-0.05, 0) is 41.7 Å². The van der Waals surface area contributed by atoms with Crippen molar-refractivity contribution in [2.45, 2.75) is 12.3 Å². The maximum Gasteiger partial charge on any atom is 0.243 e. The maximum absolute atomic E-state index is 12.1. The molecule has 0 saturated heterocycles. The van der Waals surface area contributed by atoms with Gasteiger partial charge in [-0.15, -0.1) is 0 Å². The number of phenols is 1. The molecule has 2 aromatic rings. The Bertz CT molecular complexity index is 728. The van der Waals surface area contributed by atoms with Crippen LogP contribution in [0.3, 0.4) is 0 Å². The first-order valence-electron chi connectivity index (χ1n) is 7.44. The second kappa shape index (κ2) is 6.52. The molecule has 5 heteroatoms. The lowest BCUT2D eigenvalue weighted by atomic mass is 10.1. The Morgan fingerprint density at radius 3 is 2.83 bits per heavy atom. The van der Waals surface area contributed by atoms with Gasteiger partial charge < -0.3 is 9.84 Å². The van der Waals surface area contributed by atoms with E-state index in [0.29, 0.717) is 11.7 Å². The number of nitrogens with one attached hydrogen (secondary N) is 1. The van der Waals surface area contributed by atoms with Crippen molar-refractivity contribution in [3.63, 3.8) is 0 Å². The van der Waals surface area contributed by atoms with E-state index in [9.17, 15) is 9.90 Å². The predicted octanol–water partition coefficient (Wildman–Crippen LogP) is 2.65. The van der Waals surface area contributed by atoms with E-state index in [2.05, 4.69) is 10.5 Å². The molecule has 0 aliphatic heterocycles. The van der Waals surface area contributed by atoms with Gasteiger partial charge in [0.05, 0.1) is 13.3 Å². The monoisotopic (exact) mass is 310 g/mol. The van der Waals surface area contributed by atoms with Crippen molar-refractivity contribution >= 4 is 12.1 Å². The number of carbonyl (C=O) groups is 1. The van der Waals surface area contributed by atoms with Crippen LogP contribution in [0.1, 0.15) is 23.5 Å². The summed E-state index contributed by atoms with van der Waals surface area (Å²) in [5.74, 6) is 0.647. The van der Waals surface area contributed by atoms with Gasteiger partial charge in [-0.3, -0.25) is 4.79 Å². The molecule has 0 heterocycles. The van der Waals surface area contributed by atoms with Gasteiger partial charge in [0, 0.05) is 5.92 Å². The first-order valence-corrected chi connectivity index (χ1v) is 7.44. The molecule has 2 aromatic carbocycles. The minimum Gasteiger partial charge on any atom is -0.504 e. The fraction of sp³-hybridized carbons (Fsp3) is 0.222. The number of hydrazone groups is 1. The minimum absolute atomic E-state index is 0.0103. The first kappa shape index (κ1) is 15.1. The minimum atomic E-state index is -0.0687. The Morgan fingerprint density at radius 2 is 2.09 bits per heavy atom. The molecule has 1 aliphatic rings. The van der Waals surface area contributed by atoms with E-state index in [-0.39, 0.29) is 17.6 Å². The number of benzene rings is 2. The third kappa shape index (κ3) is 3.51. The summed E-state index contributed by atoms with van der Waals surface area (Å²) in [6.45, 7) is 0. The average molecular weight is 310 g/mol. The topological polar surface area (TPSA) is 70.9 Å². The molecule has 1 amide bonds. The molecule has 5 nitrogen and oxygen atoms in total. The lowest BCUT2D eigenvalue weighted by molar-refractivity contribution is -0.122. The summed E-state index contributed by atoms with van der Waals surface area (Å²) < 4.78 is 5.03. The summed E-state index contributed by atoms with van der Waals surface area (Å²) in [6, 6.07) is 14.9. The van der Waals surface area contributed by atoms with Crippen LogP contribution >= 0.6 is 0 Å². The van der Waals surface area contributed by atoms with E-state index in [1.54, 1.807) is 12.1 Å². The Kier molecular flexibility index (Phi) is 4.28.